The van der Waals surface area contributed by atoms with Gasteiger partial charge < -0.3 is 10.1 Å². The lowest BCUT2D eigenvalue weighted by molar-refractivity contribution is 0.102. The summed E-state index contributed by atoms with van der Waals surface area (Å²) >= 11 is 7.29. The molecular weight excluding hydrogens is 448 g/mol. The number of carbonyl (C=O) groups excluding carboxylic acids is 2. The number of anilines is 2. The van der Waals surface area contributed by atoms with Crippen LogP contribution in [0.25, 0.3) is 10.6 Å². The zero-order valence-electron chi connectivity index (χ0n) is 16.8. The van der Waals surface area contributed by atoms with Crippen LogP contribution in [0.2, 0.25) is 5.02 Å². The minimum Gasteiger partial charge on any atom is -0.496 e. The Morgan fingerprint density at radius 2 is 1.59 bits per heavy atom. The summed E-state index contributed by atoms with van der Waals surface area (Å²) < 4.78 is 5.24. The predicted octanol–water partition coefficient (Wildman–Crippen LogP) is 5.37. The highest BCUT2D eigenvalue weighted by molar-refractivity contribution is 7.18. The summed E-state index contributed by atoms with van der Waals surface area (Å²) in [5.41, 5.74) is 1.78. The van der Waals surface area contributed by atoms with Crippen LogP contribution in [0.4, 0.5) is 10.8 Å². The Morgan fingerprint density at radius 1 is 0.875 bits per heavy atom. The fraction of sp³-hybridized carbons (Fsp3) is 0.0435. The molecule has 0 spiro atoms. The Balaban J connectivity index is 1.54. The van der Waals surface area contributed by atoms with Crippen LogP contribution in [0, 0.1) is 0 Å². The zero-order valence-corrected chi connectivity index (χ0v) is 18.4. The van der Waals surface area contributed by atoms with Crippen LogP contribution in [0.1, 0.15) is 20.7 Å². The quantitative estimate of drug-likeness (QED) is 0.400. The summed E-state index contributed by atoms with van der Waals surface area (Å²) in [6.07, 6.45) is 0. The van der Waals surface area contributed by atoms with Gasteiger partial charge in [-0.3, -0.25) is 14.9 Å². The Morgan fingerprint density at radius 3 is 2.38 bits per heavy atom. The van der Waals surface area contributed by atoms with E-state index in [4.69, 9.17) is 16.3 Å². The van der Waals surface area contributed by atoms with Gasteiger partial charge in [0.2, 0.25) is 5.13 Å². The maximum absolute atomic E-state index is 12.9. The fourth-order valence-electron chi connectivity index (χ4n) is 2.97. The largest absolute Gasteiger partial charge is 0.496 e. The lowest BCUT2D eigenvalue weighted by Gasteiger charge is -2.12. The lowest BCUT2D eigenvalue weighted by Crippen LogP contribution is -2.18. The van der Waals surface area contributed by atoms with E-state index in [1.807, 2.05) is 30.3 Å². The van der Waals surface area contributed by atoms with Gasteiger partial charge in [0.1, 0.15) is 10.8 Å². The molecule has 0 bridgehead atoms. The molecule has 1 aromatic heterocycles. The van der Waals surface area contributed by atoms with Crippen LogP contribution in [-0.4, -0.2) is 29.1 Å². The van der Waals surface area contributed by atoms with E-state index in [1.165, 1.54) is 24.5 Å². The van der Waals surface area contributed by atoms with Crippen molar-refractivity contribution in [1.82, 2.24) is 10.2 Å². The van der Waals surface area contributed by atoms with Crippen molar-refractivity contribution in [3.8, 4) is 16.3 Å². The minimum atomic E-state index is -0.452. The molecule has 1 heterocycles. The van der Waals surface area contributed by atoms with Crippen molar-refractivity contribution in [3.63, 3.8) is 0 Å². The molecular formula is C23H17ClN4O3S. The third-order valence-electron chi connectivity index (χ3n) is 4.49. The first kappa shape index (κ1) is 21.5. The molecule has 0 fully saturated rings. The van der Waals surface area contributed by atoms with E-state index < -0.39 is 11.8 Å². The van der Waals surface area contributed by atoms with Crippen molar-refractivity contribution >= 4 is 45.6 Å². The summed E-state index contributed by atoms with van der Waals surface area (Å²) in [5, 5.41) is 15.1. The number of aromatic nitrogens is 2. The van der Waals surface area contributed by atoms with Crippen molar-refractivity contribution < 1.29 is 14.3 Å². The number of hydrogen-bond acceptors (Lipinski definition) is 6. The molecule has 0 radical (unpaired) electrons. The van der Waals surface area contributed by atoms with Crippen LogP contribution in [0.15, 0.2) is 72.8 Å². The molecule has 0 aliphatic rings. The lowest BCUT2D eigenvalue weighted by atomic mass is 10.1. The Kier molecular flexibility index (Phi) is 6.44. The van der Waals surface area contributed by atoms with E-state index >= 15 is 0 Å². The third kappa shape index (κ3) is 4.77. The molecule has 160 valence electrons. The molecule has 4 aromatic rings. The second-order valence-electron chi connectivity index (χ2n) is 6.58. The summed E-state index contributed by atoms with van der Waals surface area (Å²) in [6, 6.07) is 21.0. The first-order chi connectivity index (χ1) is 15.5. The summed E-state index contributed by atoms with van der Waals surface area (Å²) in [5.74, 6) is -0.502. The van der Waals surface area contributed by atoms with Crippen molar-refractivity contribution in [1.29, 1.82) is 0 Å². The first-order valence-electron chi connectivity index (χ1n) is 9.49. The number of para-hydroxylation sites is 1. The van der Waals surface area contributed by atoms with Crippen molar-refractivity contribution in [3.05, 3.63) is 88.9 Å². The monoisotopic (exact) mass is 464 g/mol. The average molecular weight is 465 g/mol. The molecule has 2 N–H and O–H groups in total. The normalized spacial score (nSPS) is 10.4. The molecule has 3 aromatic carbocycles. The maximum Gasteiger partial charge on any atom is 0.259 e. The topological polar surface area (TPSA) is 93.2 Å². The summed E-state index contributed by atoms with van der Waals surface area (Å²) in [6.45, 7) is 0. The Bertz CT molecular complexity index is 1280. The van der Waals surface area contributed by atoms with Gasteiger partial charge in [0.15, 0.2) is 0 Å². The molecule has 0 aliphatic heterocycles. The van der Waals surface area contributed by atoms with Crippen LogP contribution < -0.4 is 15.4 Å². The van der Waals surface area contributed by atoms with Gasteiger partial charge in [-0.15, -0.1) is 10.2 Å². The number of nitrogens with zero attached hydrogens (tertiary/aromatic N) is 2. The highest BCUT2D eigenvalue weighted by Gasteiger charge is 2.18. The molecule has 4 rings (SSSR count). The maximum atomic E-state index is 12.9. The van der Waals surface area contributed by atoms with Gasteiger partial charge in [0.25, 0.3) is 11.8 Å². The number of rotatable bonds is 6. The number of hydrogen-bond donors (Lipinski definition) is 2. The van der Waals surface area contributed by atoms with Crippen LogP contribution >= 0.6 is 22.9 Å². The van der Waals surface area contributed by atoms with E-state index in [-0.39, 0.29) is 11.1 Å². The van der Waals surface area contributed by atoms with E-state index in [2.05, 4.69) is 20.8 Å². The molecule has 0 saturated carbocycles. The molecule has 2 amide bonds. The van der Waals surface area contributed by atoms with Gasteiger partial charge in [0, 0.05) is 10.6 Å². The fourth-order valence-corrected chi connectivity index (χ4v) is 3.89. The Labute approximate surface area is 193 Å². The number of benzene rings is 3. The number of carbonyl (C=O) groups is 2. The second-order valence-corrected chi connectivity index (χ2v) is 7.99. The number of methoxy groups -OCH3 is 1. The number of nitrogens with one attached hydrogen (secondary N) is 2. The van der Waals surface area contributed by atoms with Crippen LogP contribution in [0.5, 0.6) is 5.75 Å². The van der Waals surface area contributed by atoms with Crippen molar-refractivity contribution in [2.45, 2.75) is 0 Å². The molecule has 0 aliphatic carbocycles. The van der Waals surface area contributed by atoms with Gasteiger partial charge in [-0.1, -0.05) is 65.4 Å². The number of halogens is 1. The van der Waals surface area contributed by atoms with E-state index in [0.29, 0.717) is 26.6 Å². The van der Waals surface area contributed by atoms with Crippen molar-refractivity contribution in [2.75, 3.05) is 17.7 Å². The van der Waals surface area contributed by atoms with E-state index in [1.54, 1.807) is 36.4 Å². The second kappa shape index (κ2) is 9.59. The van der Waals surface area contributed by atoms with Crippen LogP contribution in [0.3, 0.4) is 0 Å². The SMILES string of the molecule is COc1ccc(Cl)cc1C(=O)Nc1ccccc1C(=O)Nc1nnc(-c2ccccc2)s1. The summed E-state index contributed by atoms with van der Waals surface area (Å²) in [7, 11) is 1.47. The van der Waals surface area contributed by atoms with Gasteiger partial charge in [0.05, 0.1) is 23.9 Å². The van der Waals surface area contributed by atoms with E-state index in [0.717, 1.165) is 5.56 Å². The minimum absolute atomic E-state index is 0.256. The highest BCUT2D eigenvalue weighted by atomic mass is 35.5. The first-order valence-corrected chi connectivity index (χ1v) is 10.7. The zero-order chi connectivity index (χ0) is 22.5. The van der Waals surface area contributed by atoms with E-state index in [9.17, 15) is 9.59 Å². The average Bonchev–Trinajstić information content (AvgIpc) is 3.28. The predicted molar refractivity (Wildman–Crippen MR) is 126 cm³/mol. The molecule has 32 heavy (non-hydrogen) atoms. The molecule has 0 atom stereocenters. The van der Waals surface area contributed by atoms with Gasteiger partial charge >= 0.3 is 0 Å². The number of ether oxygens (including phenoxy) is 1. The van der Waals surface area contributed by atoms with Gasteiger partial charge in [-0.25, -0.2) is 0 Å². The Hall–Kier alpha value is -3.75. The summed E-state index contributed by atoms with van der Waals surface area (Å²) in [4.78, 5) is 25.7. The highest BCUT2D eigenvalue weighted by Crippen LogP contribution is 2.28. The molecule has 0 unspecified atom stereocenters. The molecule has 9 heteroatoms. The standard InChI is InChI=1S/C23H17ClN4O3S/c1-31-19-12-11-15(24)13-17(19)21(30)25-18-10-6-5-9-16(18)20(29)26-23-28-27-22(32-23)14-7-3-2-4-8-14/h2-13H,1H3,(H,25,30)(H,26,28,29). The molecule has 0 saturated heterocycles. The smallest absolute Gasteiger partial charge is 0.259 e. The number of amides is 2. The third-order valence-corrected chi connectivity index (χ3v) is 5.62. The van der Waals surface area contributed by atoms with Crippen molar-refractivity contribution in [2.24, 2.45) is 0 Å². The van der Waals surface area contributed by atoms with Gasteiger partial charge in [-0.2, -0.15) is 0 Å². The molecule has 7 nitrogen and oxygen atoms in total. The van der Waals surface area contributed by atoms with Gasteiger partial charge in [-0.05, 0) is 30.3 Å². The van der Waals surface area contributed by atoms with Crippen LogP contribution in [-0.2, 0) is 0 Å².